The van der Waals surface area contributed by atoms with E-state index in [-0.39, 0.29) is 5.89 Å². The fourth-order valence-electron chi connectivity index (χ4n) is 3.90. The van der Waals surface area contributed by atoms with Crippen LogP contribution in [0.1, 0.15) is 40.4 Å². The van der Waals surface area contributed by atoms with E-state index in [0.717, 1.165) is 52.0 Å². The van der Waals surface area contributed by atoms with Crippen LogP contribution in [0.15, 0.2) is 57.9 Å². The van der Waals surface area contributed by atoms with Crippen LogP contribution in [0, 0.1) is 18.6 Å². The summed E-state index contributed by atoms with van der Waals surface area (Å²) < 4.78 is 34.2. The number of pyridine rings is 1. The molecule has 1 aliphatic rings. The molecule has 0 saturated heterocycles. The number of amides is 1. The third kappa shape index (κ3) is 4.00. The number of carbonyl (C=O) groups is 1. The van der Waals surface area contributed by atoms with Crippen molar-refractivity contribution in [1.82, 2.24) is 14.8 Å². The first-order chi connectivity index (χ1) is 16.3. The van der Waals surface area contributed by atoms with E-state index >= 15 is 0 Å². The number of nitrogens with one attached hydrogen (secondary N) is 1. The second-order valence-corrected chi connectivity index (χ2v) is 8.31. The molecule has 7 nitrogen and oxygen atoms in total. The second kappa shape index (κ2) is 8.33. The summed E-state index contributed by atoms with van der Waals surface area (Å²) in [4.78, 5) is 28.8. The maximum absolute atomic E-state index is 14.0. The van der Waals surface area contributed by atoms with Crippen LogP contribution in [-0.2, 0) is 7.05 Å². The highest BCUT2D eigenvalue weighted by molar-refractivity contribution is 6.04. The molecule has 9 heteroatoms. The average Bonchev–Trinajstić information content (AvgIpc) is 3.58. The highest BCUT2D eigenvalue weighted by Gasteiger charge is 2.29. The fourth-order valence-corrected chi connectivity index (χ4v) is 3.90. The monoisotopic (exact) mass is 462 g/mol. The third-order valence-electron chi connectivity index (χ3n) is 5.78. The Morgan fingerprint density at radius 2 is 1.85 bits per heavy atom. The van der Waals surface area contributed by atoms with Gasteiger partial charge in [0.2, 0.25) is 0 Å². The van der Waals surface area contributed by atoms with Gasteiger partial charge in [0.15, 0.2) is 0 Å². The smallest absolute Gasteiger partial charge is 0.388 e. The van der Waals surface area contributed by atoms with E-state index in [4.69, 9.17) is 4.42 Å². The van der Waals surface area contributed by atoms with Gasteiger partial charge in [0.1, 0.15) is 17.2 Å². The predicted octanol–water partition coefficient (Wildman–Crippen LogP) is 4.82. The summed E-state index contributed by atoms with van der Waals surface area (Å²) in [6, 6.07) is 10.4. The van der Waals surface area contributed by atoms with Crippen molar-refractivity contribution in [3.8, 4) is 22.6 Å². The van der Waals surface area contributed by atoms with Crippen LogP contribution >= 0.6 is 0 Å². The summed E-state index contributed by atoms with van der Waals surface area (Å²) >= 11 is 0. The van der Waals surface area contributed by atoms with Crippen LogP contribution in [0.3, 0.4) is 0 Å². The summed E-state index contributed by atoms with van der Waals surface area (Å²) in [5.74, 6) is -2.76. The molecular formula is C25H20F2N4O3. The maximum Gasteiger partial charge on any atom is 0.437 e. The summed E-state index contributed by atoms with van der Waals surface area (Å²) in [5.41, 5.74) is 3.87. The number of carbonyl (C=O) groups excluding carboxylic acids is 1. The highest BCUT2D eigenvalue weighted by atomic mass is 19.1. The van der Waals surface area contributed by atoms with Gasteiger partial charge in [-0.1, -0.05) is 12.1 Å². The minimum absolute atomic E-state index is 0.178. The van der Waals surface area contributed by atoms with Gasteiger partial charge in [-0.15, -0.1) is 5.10 Å². The zero-order valence-electron chi connectivity index (χ0n) is 18.4. The molecule has 2 aromatic heterocycles. The first kappa shape index (κ1) is 21.7. The molecule has 1 fully saturated rings. The van der Waals surface area contributed by atoms with Crippen molar-refractivity contribution < 1.29 is 18.0 Å². The average molecular weight is 462 g/mol. The maximum atomic E-state index is 14.0. The van der Waals surface area contributed by atoms with Crippen molar-refractivity contribution in [2.45, 2.75) is 25.7 Å². The van der Waals surface area contributed by atoms with E-state index in [1.165, 1.54) is 13.1 Å². The summed E-state index contributed by atoms with van der Waals surface area (Å²) in [6.45, 7) is 1.87. The van der Waals surface area contributed by atoms with Gasteiger partial charge >= 0.3 is 5.76 Å². The Balaban J connectivity index is 1.50. The molecular weight excluding hydrogens is 442 g/mol. The molecule has 1 saturated carbocycles. The van der Waals surface area contributed by atoms with Crippen molar-refractivity contribution in [2.24, 2.45) is 7.05 Å². The molecule has 1 amide bonds. The van der Waals surface area contributed by atoms with Crippen molar-refractivity contribution in [1.29, 1.82) is 0 Å². The molecule has 2 aromatic carbocycles. The molecule has 4 aromatic rings. The quantitative estimate of drug-likeness (QED) is 0.459. The SMILES string of the molecule is Cc1cc(NC(=O)c2c(F)cccc2F)ccc1-c1cc(-c2nn(C)c(=O)o2)cnc1C1CC1. The molecule has 2 heterocycles. The molecule has 1 aliphatic carbocycles. The zero-order chi connectivity index (χ0) is 24.0. The summed E-state index contributed by atoms with van der Waals surface area (Å²) in [5, 5.41) is 6.66. The molecule has 0 radical (unpaired) electrons. The summed E-state index contributed by atoms with van der Waals surface area (Å²) in [6.07, 6.45) is 3.73. The van der Waals surface area contributed by atoms with E-state index < -0.39 is 28.9 Å². The lowest BCUT2D eigenvalue weighted by Gasteiger charge is -2.14. The van der Waals surface area contributed by atoms with Gasteiger partial charge < -0.3 is 9.73 Å². The molecule has 0 unspecified atom stereocenters. The van der Waals surface area contributed by atoms with Crippen molar-refractivity contribution >= 4 is 11.6 Å². The number of aryl methyl sites for hydroxylation is 2. The molecule has 34 heavy (non-hydrogen) atoms. The van der Waals surface area contributed by atoms with E-state index in [2.05, 4.69) is 15.4 Å². The van der Waals surface area contributed by atoms with Crippen LogP contribution in [0.4, 0.5) is 14.5 Å². The Labute approximate surface area is 193 Å². The Kier molecular flexibility index (Phi) is 5.31. The molecule has 0 atom stereocenters. The van der Waals surface area contributed by atoms with Crippen LogP contribution in [0.5, 0.6) is 0 Å². The molecule has 0 spiro atoms. The minimum Gasteiger partial charge on any atom is -0.388 e. The Hall–Kier alpha value is -4.14. The Morgan fingerprint density at radius 1 is 1.12 bits per heavy atom. The van der Waals surface area contributed by atoms with E-state index in [1.54, 1.807) is 18.3 Å². The number of anilines is 1. The highest BCUT2D eigenvalue weighted by Crippen LogP contribution is 2.44. The lowest BCUT2D eigenvalue weighted by Crippen LogP contribution is -2.15. The Bertz CT molecular complexity index is 1470. The molecule has 0 aliphatic heterocycles. The lowest BCUT2D eigenvalue weighted by molar-refractivity contribution is 0.101. The van der Waals surface area contributed by atoms with E-state index in [0.29, 0.717) is 17.2 Å². The third-order valence-corrected chi connectivity index (χ3v) is 5.78. The van der Waals surface area contributed by atoms with Gasteiger partial charge in [-0.25, -0.2) is 13.6 Å². The standard InChI is InChI=1S/C25H20F2N4O3/c1-13-10-16(29-23(32)21-19(26)4-3-5-20(21)27)8-9-17(13)18-11-15(12-28-22(18)14-6-7-14)24-30-31(2)25(33)34-24/h3-5,8-12,14H,6-7H2,1-2H3,(H,29,32). The molecule has 0 bridgehead atoms. The van der Waals surface area contributed by atoms with Gasteiger partial charge in [-0.05, 0) is 61.2 Å². The molecule has 5 rings (SSSR count). The topological polar surface area (TPSA) is 90.0 Å². The number of hydrogen-bond acceptors (Lipinski definition) is 5. The normalized spacial score (nSPS) is 13.2. The first-order valence-electron chi connectivity index (χ1n) is 10.7. The van der Waals surface area contributed by atoms with Crippen molar-refractivity contribution in [3.63, 3.8) is 0 Å². The molecule has 172 valence electrons. The van der Waals surface area contributed by atoms with Gasteiger partial charge in [-0.2, -0.15) is 4.68 Å². The van der Waals surface area contributed by atoms with Crippen LogP contribution in [0.2, 0.25) is 0 Å². The van der Waals surface area contributed by atoms with Gasteiger partial charge in [0.25, 0.3) is 11.8 Å². The van der Waals surface area contributed by atoms with Crippen molar-refractivity contribution in [3.05, 3.63) is 87.7 Å². The number of hydrogen-bond donors (Lipinski definition) is 1. The number of rotatable bonds is 5. The van der Waals surface area contributed by atoms with Crippen LogP contribution < -0.4 is 11.1 Å². The number of aromatic nitrogens is 3. The lowest BCUT2D eigenvalue weighted by atomic mass is 9.95. The predicted molar refractivity (Wildman–Crippen MR) is 121 cm³/mol. The van der Waals surface area contributed by atoms with Crippen LogP contribution in [0.25, 0.3) is 22.6 Å². The molecule has 1 N–H and O–H groups in total. The van der Waals surface area contributed by atoms with Gasteiger partial charge in [0.05, 0.1) is 11.3 Å². The number of halogens is 2. The van der Waals surface area contributed by atoms with Crippen molar-refractivity contribution in [2.75, 3.05) is 5.32 Å². The van der Waals surface area contributed by atoms with E-state index in [9.17, 15) is 18.4 Å². The largest absolute Gasteiger partial charge is 0.437 e. The second-order valence-electron chi connectivity index (χ2n) is 8.31. The van der Waals surface area contributed by atoms with E-state index in [1.807, 2.05) is 19.1 Å². The summed E-state index contributed by atoms with van der Waals surface area (Å²) in [7, 11) is 1.51. The fraction of sp³-hybridized carbons (Fsp3) is 0.200. The number of nitrogens with zero attached hydrogens (tertiary/aromatic N) is 3. The minimum atomic E-state index is -0.927. The number of benzene rings is 2. The first-order valence-corrected chi connectivity index (χ1v) is 10.7. The van der Waals surface area contributed by atoms with Crippen LogP contribution in [-0.4, -0.2) is 20.7 Å². The van der Waals surface area contributed by atoms with Gasteiger partial charge in [0, 0.05) is 30.4 Å². The Morgan fingerprint density at radius 3 is 2.47 bits per heavy atom. The zero-order valence-corrected chi connectivity index (χ0v) is 18.4. The van der Waals surface area contributed by atoms with Gasteiger partial charge in [-0.3, -0.25) is 9.78 Å².